The Morgan fingerprint density at radius 2 is 2.15 bits per heavy atom. The van der Waals surface area contributed by atoms with Crippen molar-refractivity contribution in [2.75, 3.05) is 6.61 Å². The molecule has 0 bridgehead atoms. The van der Waals surface area contributed by atoms with Gasteiger partial charge in [-0.3, -0.25) is 4.79 Å². The molecule has 0 unspecified atom stereocenters. The number of carbonyl (C=O) groups is 1. The van der Waals surface area contributed by atoms with Gasteiger partial charge in [0.15, 0.2) is 0 Å². The summed E-state index contributed by atoms with van der Waals surface area (Å²) in [5.41, 5.74) is 5.98. The molecule has 1 rings (SSSR count). The third-order valence-corrected chi connectivity index (χ3v) is 2.41. The number of hydrogen-bond donors (Lipinski definition) is 1. The van der Waals surface area contributed by atoms with Crippen molar-refractivity contribution in [1.29, 1.82) is 0 Å². The predicted octanol–water partition coefficient (Wildman–Crippen LogP) is 1.49. The van der Waals surface area contributed by atoms with Gasteiger partial charge in [-0.15, -0.1) is 12.4 Å². The molecule has 0 aromatic carbocycles. The maximum Gasteiger partial charge on any atom is 0.322 e. The van der Waals surface area contributed by atoms with Crippen molar-refractivity contribution in [3.63, 3.8) is 0 Å². The van der Waals surface area contributed by atoms with Crippen LogP contribution in [0.25, 0.3) is 0 Å². The quantitative estimate of drug-likeness (QED) is 0.711. The standard InChI is InChI=1S/C9H17NO2.ClH/c1-3-12-8(11)7(10)6-9(2)4-5-9;/h7H,3-6,10H2,1-2H3;1H/t7-;/m0./s1. The molecule has 78 valence electrons. The molecule has 0 saturated heterocycles. The fourth-order valence-electron chi connectivity index (χ4n) is 1.28. The number of hydrogen-bond acceptors (Lipinski definition) is 3. The molecule has 1 atom stereocenters. The Labute approximate surface area is 85.4 Å². The van der Waals surface area contributed by atoms with Crippen molar-refractivity contribution < 1.29 is 9.53 Å². The Morgan fingerprint density at radius 3 is 2.54 bits per heavy atom. The Bertz CT molecular complexity index is 180. The van der Waals surface area contributed by atoms with Gasteiger partial charge in [0.05, 0.1) is 6.61 Å². The van der Waals surface area contributed by atoms with Crippen molar-refractivity contribution in [1.82, 2.24) is 0 Å². The summed E-state index contributed by atoms with van der Waals surface area (Å²) in [7, 11) is 0. The normalized spacial score (nSPS) is 19.9. The first-order valence-corrected chi connectivity index (χ1v) is 4.49. The number of halogens is 1. The van der Waals surface area contributed by atoms with Crippen molar-refractivity contribution in [2.45, 2.75) is 39.2 Å². The lowest BCUT2D eigenvalue weighted by Gasteiger charge is -2.14. The van der Waals surface area contributed by atoms with E-state index in [1.54, 1.807) is 6.92 Å². The zero-order valence-corrected chi connectivity index (χ0v) is 9.02. The van der Waals surface area contributed by atoms with Crippen LogP contribution >= 0.6 is 12.4 Å². The van der Waals surface area contributed by atoms with E-state index < -0.39 is 6.04 Å². The first-order valence-electron chi connectivity index (χ1n) is 4.49. The van der Waals surface area contributed by atoms with E-state index in [9.17, 15) is 4.79 Å². The van der Waals surface area contributed by atoms with Crippen LogP contribution in [0.3, 0.4) is 0 Å². The highest BCUT2D eigenvalue weighted by atomic mass is 35.5. The van der Waals surface area contributed by atoms with Gasteiger partial charge in [-0.2, -0.15) is 0 Å². The molecule has 0 heterocycles. The van der Waals surface area contributed by atoms with Crippen molar-refractivity contribution in [2.24, 2.45) is 11.1 Å². The molecule has 1 aliphatic rings. The number of ether oxygens (including phenoxy) is 1. The molecular formula is C9H18ClNO2. The first kappa shape index (κ1) is 12.7. The fraction of sp³-hybridized carbons (Fsp3) is 0.889. The molecule has 1 aliphatic carbocycles. The Kier molecular flexibility index (Phi) is 4.71. The summed E-state index contributed by atoms with van der Waals surface area (Å²) in [5.74, 6) is -0.259. The van der Waals surface area contributed by atoms with E-state index in [4.69, 9.17) is 10.5 Å². The van der Waals surface area contributed by atoms with Gasteiger partial charge in [-0.05, 0) is 31.6 Å². The van der Waals surface area contributed by atoms with Crippen LogP contribution in [0.4, 0.5) is 0 Å². The summed E-state index contributed by atoms with van der Waals surface area (Å²) < 4.78 is 4.81. The second-order valence-corrected chi connectivity index (χ2v) is 3.87. The molecule has 0 aromatic rings. The van der Waals surface area contributed by atoms with Gasteiger partial charge in [-0.1, -0.05) is 6.92 Å². The van der Waals surface area contributed by atoms with E-state index in [-0.39, 0.29) is 18.4 Å². The van der Waals surface area contributed by atoms with Gasteiger partial charge in [0.1, 0.15) is 6.04 Å². The van der Waals surface area contributed by atoms with E-state index in [1.165, 1.54) is 12.8 Å². The van der Waals surface area contributed by atoms with Crippen LogP contribution in [0.2, 0.25) is 0 Å². The summed E-state index contributed by atoms with van der Waals surface area (Å²) >= 11 is 0. The van der Waals surface area contributed by atoms with Crippen LogP contribution in [-0.2, 0) is 9.53 Å². The highest BCUT2D eigenvalue weighted by molar-refractivity contribution is 5.85. The summed E-state index contributed by atoms with van der Waals surface area (Å²) in [6.45, 7) is 4.37. The first-order chi connectivity index (χ1) is 5.57. The largest absolute Gasteiger partial charge is 0.465 e. The van der Waals surface area contributed by atoms with E-state index in [0.717, 1.165) is 6.42 Å². The summed E-state index contributed by atoms with van der Waals surface area (Å²) in [6.07, 6.45) is 3.16. The molecule has 0 spiro atoms. The Hall–Kier alpha value is -0.280. The molecule has 13 heavy (non-hydrogen) atoms. The van der Waals surface area contributed by atoms with Gasteiger partial charge in [0.2, 0.25) is 0 Å². The van der Waals surface area contributed by atoms with E-state index in [1.807, 2.05) is 0 Å². The highest BCUT2D eigenvalue weighted by Gasteiger charge is 2.40. The number of esters is 1. The minimum atomic E-state index is -0.419. The SMILES string of the molecule is CCOC(=O)[C@@H](N)CC1(C)CC1.Cl. The van der Waals surface area contributed by atoms with Gasteiger partial charge < -0.3 is 10.5 Å². The zero-order valence-electron chi connectivity index (χ0n) is 8.21. The van der Waals surface area contributed by atoms with Crippen LogP contribution in [0, 0.1) is 5.41 Å². The molecule has 2 N–H and O–H groups in total. The second kappa shape index (κ2) is 4.82. The average molecular weight is 208 g/mol. The lowest BCUT2D eigenvalue weighted by Crippen LogP contribution is -2.34. The lowest BCUT2D eigenvalue weighted by atomic mass is 10.00. The molecule has 0 aromatic heterocycles. The third-order valence-electron chi connectivity index (χ3n) is 2.41. The molecule has 4 heteroatoms. The minimum Gasteiger partial charge on any atom is -0.465 e. The summed E-state index contributed by atoms with van der Waals surface area (Å²) in [5, 5.41) is 0. The van der Waals surface area contributed by atoms with Gasteiger partial charge in [-0.25, -0.2) is 0 Å². The molecule has 1 fully saturated rings. The minimum absolute atomic E-state index is 0. The van der Waals surface area contributed by atoms with E-state index in [2.05, 4.69) is 6.92 Å². The van der Waals surface area contributed by atoms with Crippen LogP contribution in [0.15, 0.2) is 0 Å². The Morgan fingerprint density at radius 1 is 1.62 bits per heavy atom. The van der Waals surface area contributed by atoms with E-state index in [0.29, 0.717) is 12.0 Å². The van der Waals surface area contributed by atoms with Gasteiger partial charge in [0.25, 0.3) is 0 Å². The summed E-state index contributed by atoms with van der Waals surface area (Å²) in [4.78, 5) is 11.1. The molecule has 0 aliphatic heterocycles. The van der Waals surface area contributed by atoms with Crippen LogP contribution in [0.5, 0.6) is 0 Å². The van der Waals surface area contributed by atoms with Crippen molar-refractivity contribution in [3.05, 3.63) is 0 Å². The average Bonchev–Trinajstić information content (AvgIpc) is 2.68. The molecular weight excluding hydrogens is 190 g/mol. The fourth-order valence-corrected chi connectivity index (χ4v) is 1.28. The molecule has 1 saturated carbocycles. The smallest absolute Gasteiger partial charge is 0.322 e. The van der Waals surface area contributed by atoms with Crippen molar-refractivity contribution in [3.8, 4) is 0 Å². The molecule has 0 radical (unpaired) electrons. The van der Waals surface area contributed by atoms with Crippen molar-refractivity contribution >= 4 is 18.4 Å². The second-order valence-electron chi connectivity index (χ2n) is 3.87. The zero-order chi connectivity index (χ0) is 9.19. The van der Waals surface area contributed by atoms with Crippen LogP contribution in [-0.4, -0.2) is 18.6 Å². The highest BCUT2D eigenvalue weighted by Crippen LogP contribution is 2.48. The number of nitrogens with two attached hydrogens (primary N) is 1. The molecule has 3 nitrogen and oxygen atoms in total. The predicted molar refractivity (Wildman–Crippen MR) is 53.8 cm³/mol. The van der Waals surface area contributed by atoms with Gasteiger partial charge in [0, 0.05) is 0 Å². The van der Waals surface area contributed by atoms with Crippen LogP contribution < -0.4 is 5.73 Å². The monoisotopic (exact) mass is 207 g/mol. The lowest BCUT2D eigenvalue weighted by molar-refractivity contribution is -0.145. The van der Waals surface area contributed by atoms with E-state index >= 15 is 0 Å². The van der Waals surface area contributed by atoms with Crippen LogP contribution in [0.1, 0.15) is 33.1 Å². The number of carbonyl (C=O) groups excluding carboxylic acids is 1. The maximum absolute atomic E-state index is 11.1. The Balaban J connectivity index is 0.00000144. The number of rotatable bonds is 4. The third kappa shape index (κ3) is 3.96. The van der Waals surface area contributed by atoms with Gasteiger partial charge >= 0.3 is 5.97 Å². The molecule has 0 amide bonds. The summed E-state index contributed by atoms with van der Waals surface area (Å²) in [6, 6.07) is -0.419. The maximum atomic E-state index is 11.1. The topological polar surface area (TPSA) is 52.3 Å².